The lowest BCUT2D eigenvalue weighted by Gasteiger charge is -2.59. The molecule has 0 unspecified atom stereocenters. The Morgan fingerprint density at radius 3 is 2.12 bits per heavy atom. The molecule has 4 aliphatic carbocycles. The summed E-state index contributed by atoms with van der Waals surface area (Å²) >= 11 is 0. The third-order valence-electron chi connectivity index (χ3n) is 6.77. The van der Waals surface area contributed by atoms with Gasteiger partial charge < -0.3 is 4.52 Å². The van der Waals surface area contributed by atoms with Crippen molar-refractivity contribution in [2.75, 3.05) is 0 Å². The van der Waals surface area contributed by atoms with Crippen LogP contribution in [0.25, 0.3) is 0 Å². The van der Waals surface area contributed by atoms with Crippen LogP contribution in [0.4, 0.5) is 0 Å². The van der Waals surface area contributed by atoms with Gasteiger partial charge in [-0.2, -0.15) is 0 Å². The smallest absolute Gasteiger partial charge is 0.246 e. The lowest BCUT2D eigenvalue weighted by molar-refractivity contribution is -0.0704. The van der Waals surface area contributed by atoms with Crippen LogP contribution in [0.5, 0.6) is 0 Å². The van der Waals surface area contributed by atoms with E-state index >= 15 is 0 Å². The highest BCUT2D eigenvalue weighted by atomic mass is 32.2. The number of sulfonamides is 1. The molecule has 4 fully saturated rings. The number of hydrogen-bond acceptors (Lipinski definition) is 4. The van der Waals surface area contributed by atoms with Crippen LogP contribution in [0.15, 0.2) is 9.42 Å². The van der Waals surface area contributed by atoms with Crippen molar-refractivity contribution in [2.24, 2.45) is 23.2 Å². The number of aryl methyl sites for hydroxylation is 2. The van der Waals surface area contributed by atoms with E-state index in [0.29, 0.717) is 11.5 Å². The number of rotatable bonds is 5. The summed E-state index contributed by atoms with van der Waals surface area (Å²) in [6.45, 7) is 5.47. The van der Waals surface area contributed by atoms with Gasteiger partial charge in [0, 0.05) is 6.04 Å². The minimum atomic E-state index is -3.59. The van der Waals surface area contributed by atoms with Crippen molar-refractivity contribution in [3.05, 3.63) is 11.5 Å². The maximum atomic E-state index is 13.0. The van der Waals surface area contributed by atoms with Crippen LogP contribution in [-0.4, -0.2) is 19.6 Å². The van der Waals surface area contributed by atoms with Gasteiger partial charge in [0.25, 0.3) is 0 Å². The Hall–Kier alpha value is -0.880. The summed E-state index contributed by atoms with van der Waals surface area (Å²) in [5.74, 6) is 2.82. The highest BCUT2D eigenvalue weighted by molar-refractivity contribution is 7.89. The minimum Gasteiger partial charge on any atom is -0.360 e. The molecule has 0 spiro atoms. The quantitative estimate of drug-likeness (QED) is 0.879. The SMILES string of the molecule is CC[C@H](NS(=O)(=O)c1c(C)noc1C)C12CC3CC(CC(C3)C1)C2. The molecule has 1 atom stereocenters. The summed E-state index contributed by atoms with van der Waals surface area (Å²) < 4.78 is 34.1. The Kier molecular flexibility index (Phi) is 3.84. The van der Waals surface area contributed by atoms with Crippen LogP contribution >= 0.6 is 0 Å². The standard InChI is InChI=1S/C18H28N2O3S/c1-4-16(20-24(21,22)17-11(2)19-23-12(17)3)18-8-13-5-14(9-18)7-15(6-13)10-18/h13-16,20H,4-10H2,1-3H3/t13?,14?,15?,16-,18?/m0/s1. The molecule has 1 aromatic heterocycles. The van der Waals surface area contributed by atoms with Crippen molar-refractivity contribution in [2.45, 2.75) is 76.7 Å². The first kappa shape index (κ1) is 16.6. The zero-order chi connectivity index (χ0) is 17.1. The van der Waals surface area contributed by atoms with Crippen molar-refractivity contribution < 1.29 is 12.9 Å². The van der Waals surface area contributed by atoms with Gasteiger partial charge in [0.15, 0.2) is 5.76 Å². The van der Waals surface area contributed by atoms with Crippen LogP contribution in [-0.2, 0) is 10.0 Å². The fourth-order valence-electron chi connectivity index (χ4n) is 6.35. The molecule has 0 aliphatic heterocycles. The first-order chi connectivity index (χ1) is 11.3. The van der Waals surface area contributed by atoms with Crippen LogP contribution < -0.4 is 4.72 Å². The van der Waals surface area contributed by atoms with E-state index in [-0.39, 0.29) is 16.4 Å². The average Bonchev–Trinajstić information content (AvgIpc) is 2.83. The van der Waals surface area contributed by atoms with Gasteiger partial charge in [-0.3, -0.25) is 0 Å². The van der Waals surface area contributed by atoms with Crippen molar-refractivity contribution in [3.63, 3.8) is 0 Å². The second-order valence-corrected chi connectivity index (χ2v) is 10.2. The highest BCUT2D eigenvalue weighted by Gasteiger charge is 2.54. The summed E-state index contributed by atoms with van der Waals surface area (Å²) in [4.78, 5) is 0.227. The largest absolute Gasteiger partial charge is 0.360 e. The Morgan fingerprint density at radius 1 is 1.17 bits per heavy atom. The molecule has 4 saturated carbocycles. The molecule has 5 nitrogen and oxygen atoms in total. The molecule has 1 N–H and O–H groups in total. The van der Waals surface area contributed by atoms with Crippen molar-refractivity contribution in [3.8, 4) is 0 Å². The molecule has 0 aromatic carbocycles. The molecule has 4 bridgehead atoms. The van der Waals surface area contributed by atoms with Crippen molar-refractivity contribution in [1.82, 2.24) is 9.88 Å². The first-order valence-electron chi connectivity index (χ1n) is 9.28. The van der Waals surface area contributed by atoms with Gasteiger partial charge in [0.1, 0.15) is 10.6 Å². The third-order valence-corrected chi connectivity index (χ3v) is 8.48. The van der Waals surface area contributed by atoms with E-state index in [2.05, 4.69) is 16.8 Å². The summed E-state index contributed by atoms with van der Waals surface area (Å²) in [7, 11) is -3.59. The van der Waals surface area contributed by atoms with Gasteiger partial charge in [-0.1, -0.05) is 12.1 Å². The molecule has 4 aliphatic rings. The topological polar surface area (TPSA) is 72.2 Å². The van der Waals surface area contributed by atoms with Crippen molar-refractivity contribution in [1.29, 1.82) is 0 Å². The maximum Gasteiger partial charge on any atom is 0.246 e. The van der Waals surface area contributed by atoms with E-state index in [1.54, 1.807) is 13.8 Å². The summed E-state index contributed by atoms with van der Waals surface area (Å²) in [6, 6.07) is 0.0181. The second kappa shape index (κ2) is 5.56. The van der Waals surface area contributed by atoms with Crippen LogP contribution in [0, 0.1) is 37.0 Å². The summed E-state index contributed by atoms with van der Waals surface area (Å²) in [5, 5.41) is 3.81. The Morgan fingerprint density at radius 2 is 1.71 bits per heavy atom. The lowest BCUT2D eigenvalue weighted by atomic mass is 9.47. The molecule has 24 heavy (non-hydrogen) atoms. The van der Waals surface area contributed by atoms with Gasteiger partial charge in [0.2, 0.25) is 10.0 Å². The second-order valence-electron chi connectivity index (χ2n) is 8.52. The van der Waals surface area contributed by atoms with E-state index in [4.69, 9.17) is 4.52 Å². The first-order valence-corrected chi connectivity index (χ1v) is 10.8. The maximum absolute atomic E-state index is 13.0. The fourth-order valence-corrected chi connectivity index (χ4v) is 8.10. The van der Waals surface area contributed by atoms with Gasteiger partial charge in [0.05, 0.1) is 0 Å². The lowest BCUT2D eigenvalue weighted by Crippen LogP contribution is -2.56. The van der Waals surface area contributed by atoms with Gasteiger partial charge in [-0.25, -0.2) is 13.1 Å². The van der Waals surface area contributed by atoms with Crippen LogP contribution in [0.3, 0.4) is 0 Å². The third kappa shape index (κ3) is 2.53. The Labute approximate surface area is 144 Å². The Bertz CT molecular complexity index is 683. The normalized spacial score (nSPS) is 36.2. The molecule has 1 aromatic rings. The monoisotopic (exact) mass is 352 g/mol. The molecular formula is C18H28N2O3S. The zero-order valence-corrected chi connectivity index (χ0v) is 15.7. The van der Waals surface area contributed by atoms with E-state index in [9.17, 15) is 8.42 Å². The molecule has 0 radical (unpaired) electrons. The minimum absolute atomic E-state index is 0.0181. The predicted octanol–water partition coefficient (Wildman–Crippen LogP) is 3.56. The fraction of sp³-hybridized carbons (Fsp3) is 0.833. The molecule has 1 heterocycles. The molecule has 6 heteroatoms. The Balaban J connectivity index is 1.63. The van der Waals surface area contributed by atoms with E-state index in [1.807, 2.05) is 0 Å². The number of nitrogens with one attached hydrogen (secondary N) is 1. The molecule has 134 valence electrons. The molecule has 0 amide bonds. The van der Waals surface area contributed by atoms with Gasteiger partial charge in [-0.05, 0) is 82.0 Å². The summed E-state index contributed by atoms with van der Waals surface area (Å²) in [5.41, 5.74) is 0.607. The molecule has 5 rings (SSSR count). The molecular weight excluding hydrogens is 324 g/mol. The predicted molar refractivity (Wildman–Crippen MR) is 91.0 cm³/mol. The number of nitrogens with zero attached hydrogens (tertiary/aromatic N) is 1. The van der Waals surface area contributed by atoms with Crippen molar-refractivity contribution >= 4 is 10.0 Å². The van der Waals surface area contributed by atoms with E-state index in [1.165, 1.54) is 38.5 Å². The molecule has 0 saturated heterocycles. The van der Waals surface area contributed by atoms with E-state index in [0.717, 1.165) is 24.2 Å². The average molecular weight is 353 g/mol. The number of hydrogen-bond donors (Lipinski definition) is 1. The van der Waals surface area contributed by atoms with Gasteiger partial charge >= 0.3 is 0 Å². The zero-order valence-electron chi connectivity index (χ0n) is 14.8. The van der Waals surface area contributed by atoms with E-state index < -0.39 is 10.0 Å². The van der Waals surface area contributed by atoms with Crippen LogP contribution in [0.1, 0.15) is 63.3 Å². The van der Waals surface area contributed by atoms with Crippen LogP contribution in [0.2, 0.25) is 0 Å². The number of aromatic nitrogens is 1. The highest BCUT2D eigenvalue weighted by Crippen LogP contribution is 2.61. The van der Waals surface area contributed by atoms with Gasteiger partial charge in [-0.15, -0.1) is 0 Å². The summed E-state index contributed by atoms with van der Waals surface area (Å²) in [6.07, 6.45) is 8.53.